The Bertz CT molecular complexity index is 990. The number of ketones is 3. The Morgan fingerprint density at radius 2 is 0.909 bits per heavy atom. The Morgan fingerprint density at radius 3 is 1.27 bits per heavy atom. The van der Waals surface area contributed by atoms with Crippen molar-refractivity contribution < 1.29 is 23.9 Å². The molecule has 8 bridgehead atoms. The van der Waals surface area contributed by atoms with Gasteiger partial charge in [-0.3, -0.25) is 19.2 Å². The Balaban J connectivity index is 0.000000128. The minimum atomic E-state index is -0.0704. The first kappa shape index (κ1) is 32.4. The molecule has 10 aliphatic carbocycles. The van der Waals surface area contributed by atoms with E-state index in [-0.39, 0.29) is 40.8 Å². The van der Waals surface area contributed by atoms with Gasteiger partial charge >= 0.3 is 5.97 Å². The molecule has 10 rings (SSSR count). The molecule has 0 aromatic carbocycles. The lowest BCUT2D eigenvalue weighted by molar-refractivity contribution is -0.147. The third-order valence-electron chi connectivity index (χ3n) is 13.9. The second kappa shape index (κ2) is 13.7. The molecule has 0 spiro atoms. The lowest BCUT2D eigenvalue weighted by atomic mass is 9.48. The van der Waals surface area contributed by atoms with Crippen molar-refractivity contribution in [2.75, 3.05) is 7.11 Å². The number of hydrogen-bond acceptors (Lipinski definition) is 5. The van der Waals surface area contributed by atoms with Crippen molar-refractivity contribution in [3.05, 3.63) is 0 Å². The van der Waals surface area contributed by atoms with Crippen LogP contribution in [0, 0.1) is 58.2 Å². The standard InChI is InChI=1S/C19H28O2.C12H18O.C8H14O2/c20-17(16-4-2-1-3-5-16)9-18(21)19-10-13-6-14(11-19)8-15(7-13)12-19;1-8(13)12-5-9-2-10(6-12)4-11(3-9)7-12;1-10-8(9)7-5-3-2-4-6-7/h13-16H,1-12H2;9-11H,2-7H2,1H3;7H,2-6H2,1H3. The molecule has 0 saturated heterocycles. The third-order valence-corrected chi connectivity index (χ3v) is 13.9. The van der Waals surface area contributed by atoms with E-state index in [0.717, 1.165) is 80.5 Å². The molecule has 0 heterocycles. The first-order valence-corrected chi connectivity index (χ1v) is 18.8. The predicted octanol–water partition coefficient (Wildman–Crippen LogP) is 8.84. The van der Waals surface area contributed by atoms with Gasteiger partial charge in [0.1, 0.15) is 17.3 Å². The summed E-state index contributed by atoms with van der Waals surface area (Å²) in [6.07, 6.45) is 27.1. The fourth-order valence-corrected chi connectivity index (χ4v) is 12.4. The Hall–Kier alpha value is -1.52. The molecule has 0 N–H and O–H groups in total. The van der Waals surface area contributed by atoms with Crippen LogP contribution in [0.3, 0.4) is 0 Å². The summed E-state index contributed by atoms with van der Waals surface area (Å²) in [5, 5.41) is 0. The highest BCUT2D eigenvalue weighted by molar-refractivity contribution is 6.02. The molecule has 0 atom stereocenters. The number of carbonyl (C=O) groups excluding carboxylic acids is 4. The van der Waals surface area contributed by atoms with Gasteiger partial charge in [0.05, 0.1) is 19.4 Å². The predicted molar refractivity (Wildman–Crippen MR) is 172 cm³/mol. The Morgan fingerprint density at radius 1 is 0.545 bits per heavy atom. The molecule has 0 amide bonds. The van der Waals surface area contributed by atoms with Crippen molar-refractivity contribution in [3.63, 3.8) is 0 Å². The van der Waals surface area contributed by atoms with Gasteiger partial charge in [-0.25, -0.2) is 0 Å². The Kier molecular flexibility index (Phi) is 10.1. The third kappa shape index (κ3) is 7.07. The molecular formula is C39H60O5. The van der Waals surface area contributed by atoms with Gasteiger partial charge in [0.25, 0.3) is 0 Å². The summed E-state index contributed by atoms with van der Waals surface area (Å²) in [5.41, 5.74) is 0.0911. The topological polar surface area (TPSA) is 77.5 Å². The zero-order chi connectivity index (χ0) is 30.9. The normalized spacial score (nSPS) is 40.3. The summed E-state index contributed by atoms with van der Waals surface area (Å²) in [5.74, 6) is 6.62. The van der Waals surface area contributed by atoms with Crippen LogP contribution < -0.4 is 0 Å². The average molecular weight is 609 g/mol. The second-order valence-electron chi connectivity index (χ2n) is 17.2. The number of methoxy groups -OCH3 is 1. The van der Waals surface area contributed by atoms with Crippen LogP contribution in [-0.4, -0.2) is 30.4 Å². The van der Waals surface area contributed by atoms with Crippen LogP contribution in [0.5, 0.6) is 0 Å². The zero-order valence-electron chi connectivity index (χ0n) is 27.9. The second-order valence-corrected chi connectivity index (χ2v) is 17.2. The fourth-order valence-electron chi connectivity index (χ4n) is 12.4. The summed E-state index contributed by atoms with van der Waals surface area (Å²) in [7, 11) is 1.47. The molecule has 10 saturated carbocycles. The number of hydrogen-bond donors (Lipinski definition) is 0. The van der Waals surface area contributed by atoms with Gasteiger partial charge < -0.3 is 4.74 Å². The van der Waals surface area contributed by atoms with Crippen molar-refractivity contribution in [3.8, 4) is 0 Å². The molecular weight excluding hydrogens is 548 g/mol. The van der Waals surface area contributed by atoms with Gasteiger partial charge in [-0.1, -0.05) is 38.5 Å². The number of esters is 1. The van der Waals surface area contributed by atoms with Crippen LogP contribution >= 0.6 is 0 Å². The van der Waals surface area contributed by atoms with Gasteiger partial charge in [-0.2, -0.15) is 0 Å². The van der Waals surface area contributed by atoms with Gasteiger partial charge in [0, 0.05) is 16.7 Å². The molecule has 0 aliphatic heterocycles. The average Bonchev–Trinajstić information content (AvgIpc) is 3.01. The minimum Gasteiger partial charge on any atom is -0.469 e. The molecule has 0 aromatic heterocycles. The van der Waals surface area contributed by atoms with Crippen LogP contribution in [0.2, 0.25) is 0 Å². The molecule has 246 valence electrons. The molecule has 5 nitrogen and oxygen atoms in total. The molecule has 0 unspecified atom stereocenters. The lowest BCUT2D eigenvalue weighted by Crippen LogP contribution is -2.50. The molecule has 10 aliphatic rings. The first-order chi connectivity index (χ1) is 21.2. The quantitative estimate of drug-likeness (QED) is 0.222. The summed E-state index contributed by atoms with van der Waals surface area (Å²) in [6.45, 7) is 1.83. The maximum Gasteiger partial charge on any atom is 0.308 e. The van der Waals surface area contributed by atoms with Crippen LogP contribution in [0.15, 0.2) is 0 Å². The number of Topliss-reactive ketones (excluding diaryl/α,β-unsaturated/α-hetero) is 3. The van der Waals surface area contributed by atoms with Crippen LogP contribution in [0.1, 0.15) is 155 Å². The first-order valence-electron chi connectivity index (χ1n) is 18.8. The molecule has 5 heteroatoms. The minimum absolute atomic E-state index is 0.0142. The van der Waals surface area contributed by atoms with E-state index in [0.29, 0.717) is 11.6 Å². The van der Waals surface area contributed by atoms with Crippen molar-refractivity contribution in [2.45, 2.75) is 155 Å². The van der Waals surface area contributed by atoms with Gasteiger partial charge in [0.2, 0.25) is 0 Å². The zero-order valence-corrected chi connectivity index (χ0v) is 27.9. The van der Waals surface area contributed by atoms with Crippen molar-refractivity contribution in [1.29, 1.82) is 0 Å². The maximum absolute atomic E-state index is 12.9. The van der Waals surface area contributed by atoms with E-state index in [4.69, 9.17) is 0 Å². The van der Waals surface area contributed by atoms with E-state index in [9.17, 15) is 19.2 Å². The lowest BCUT2D eigenvalue weighted by Gasteiger charge is -2.56. The summed E-state index contributed by atoms with van der Waals surface area (Å²) >= 11 is 0. The van der Waals surface area contributed by atoms with E-state index in [2.05, 4.69) is 4.74 Å². The van der Waals surface area contributed by atoms with Gasteiger partial charge in [0.15, 0.2) is 0 Å². The summed E-state index contributed by atoms with van der Waals surface area (Å²) in [6, 6.07) is 0. The molecule has 0 aromatic rings. The highest BCUT2D eigenvalue weighted by atomic mass is 16.5. The highest BCUT2D eigenvalue weighted by Crippen LogP contribution is 2.61. The molecule has 10 fully saturated rings. The van der Waals surface area contributed by atoms with E-state index in [1.807, 2.05) is 6.92 Å². The van der Waals surface area contributed by atoms with Crippen molar-refractivity contribution in [2.24, 2.45) is 58.2 Å². The van der Waals surface area contributed by atoms with E-state index >= 15 is 0 Å². The van der Waals surface area contributed by atoms with Crippen molar-refractivity contribution in [1.82, 2.24) is 0 Å². The van der Waals surface area contributed by atoms with Crippen LogP contribution in [0.25, 0.3) is 0 Å². The van der Waals surface area contributed by atoms with Crippen LogP contribution in [0.4, 0.5) is 0 Å². The molecule has 0 radical (unpaired) electrons. The summed E-state index contributed by atoms with van der Waals surface area (Å²) < 4.78 is 4.65. The number of rotatable bonds is 6. The summed E-state index contributed by atoms with van der Waals surface area (Å²) in [4.78, 5) is 48.1. The fraction of sp³-hybridized carbons (Fsp3) is 0.897. The number of ether oxygens (including phenoxy) is 1. The molecule has 44 heavy (non-hydrogen) atoms. The maximum atomic E-state index is 12.9. The van der Waals surface area contributed by atoms with E-state index < -0.39 is 0 Å². The number of carbonyl (C=O) groups is 4. The van der Waals surface area contributed by atoms with Gasteiger partial charge in [-0.05, 0) is 145 Å². The monoisotopic (exact) mass is 608 g/mol. The van der Waals surface area contributed by atoms with Crippen LogP contribution in [-0.2, 0) is 23.9 Å². The highest BCUT2D eigenvalue weighted by Gasteiger charge is 2.55. The SMILES string of the molecule is CC(=O)C12CC3CC(CC(C3)C1)C2.COC(=O)C1CCCCC1.O=C(CC(=O)C12CC3CC(CC(C3)C1)C2)C1CCCCC1. The largest absolute Gasteiger partial charge is 0.469 e. The van der Waals surface area contributed by atoms with E-state index in [1.54, 1.807) is 0 Å². The Labute approximate surface area is 266 Å². The smallest absolute Gasteiger partial charge is 0.308 e. The van der Waals surface area contributed by atoms with E-state index in [1.165, 1.54) is 103 Å². The van der Waals surface area contributed by atoms with Crippen molar-refractivity contribution >= 4 is 23.3 Å². The van der Waals surface area contributed by atoms with Gasteiger partial charge in [-0.15, -0.1) is 0 Å².